The summed E-state index contributed by atoms with van der Waals surface area (Å²) < 4.78 is 6.14. The maximum absolute atomic E-state index is 13.1. The highest BCUT2D eigenvalue weighted by Gasteiger charge is 2.37. The number of nitrogens with one attached hydrogen (secondary N) is 1. The van der Waals surface area contributed by atoms with Crippen LogP contribution in [0.4, 0.5) is 0 Å². The lowest BCUT2D eigenvalue weighted by atomic mass is 10.1. The van der Waals surface area contributed by atoms with E-state index in [1.54, 1.807) is 12.1 Å². The molecular formula is C30H36N4O5. The standard InChI is InChI=1S/C30H36N4O5/c1-31-28(36)26(5-3-17-35)34-19-25-24(30(34)38)4-2-6-27(25)39-20-22-9-7-21(8-10-22)18-32-13-15-33(16-14-32)29(37)23-11-12-23/h2,4,6-10,17,23,26H,3,5,11-16,18-20H2,1H3,(H,31,36). The van der Waals surface area contributed by atoms with Gasteiger partial charge in [0.15, 0.2) is 0 Å². The first kappa shape index (κ1) is 26.9. The van der Waals surface area contributed by atoms with E-state index in [-0.39, 0.29) is 37.1 Å². The fourth-order valence-electron chi connectivity index (χ4n) is 5.41. The van der Waals surface area contributed by atoms with Crippen molar-refractivity contribution in [3.05, 3.63) is 64.7 Å². The molecule has 206 valence electrons. The number of benzene rings is 2. The van der Waals surface area contributed by atoms with Crippen LogP contribution in [0.2, 0.25) is 0 Å². The Morgan fingerprint density at radius 3 is 2.44 bits per heavy atom. The van der Waals surface area contributed by atoms with E-state index in [2.05, 4.69) is 34.5 Å². The maximum atomic E-state index is 13.1. The van der Waals surface area contributed by atoms with Gasteiger partial charge in [-0.15, -0.1) is 0 Å². The summed E-state index contributed by atoms with van der Waals surface area (Å²) in [7, 11) is 1.53. The van der Waals surface area contributed by atoms with E-state index in [4.69, 9.17) is 4.74 Å². The average molecular weight is 533 g/mol. The number of rotatable bonds is 11. The summed E-state index contributed by atoms with van der Waals surface area (Å²) in [5, 5.41) is 2.60. The van der Waals surface area contributed by atoms with Gasteiger partial charge < -0.3 is 24.6 Å². The zero-order chi connectivity index (χ0) is 27.4. The van der Waals surface area contributed by atoms with E-state index in [1.165, 1.54) is 17.5 Å². The van der Waals surface area contributed by atoms with Gasteiger partial charge in [0.2, 0.25) is 11.8 Å². The number of hydrogen-bond donors (Lipinski definition) is 1. The summed E-state index contributed by atoms with van der Waals surface area (Å²) >= 11 is 0. The number of carbonyl (C=O) groups is 4. The molecule has 1 aliphatic carbocycles. The minimum absolute atomic E-state index is 0.202. The molecule has 0 radical (unpaired) electrons. The second-order valence-corrected chi connectivity index (χ2v) is 10.6. The summed E-state index contributed by atoms with van der Waals surface area (Å²) in [5.41, 5.74) is 3.53. The molecule has 1 saturated carbocycles. The minimum Gasteiger partial charge on any atom is -0.489 e. The second kappa shape index (κ2) is 12.0. The normalized spacial score (nSPS) is 18.0. The first-order valence-corrected chi connectivity index (χ1v) is 13.8. The van der Waals surface area contributed by atoms with Crippen LogP contribution in [0.1, 0.15) is 52.7 Å². The molecule has 2 aromatic carbocycles. The Labute approximate surface area is 229 Å². The van der Waals surface area contributed by atoms with Crippen molar-refractivity contribution >= 4 is 24.0 Å². The molecule has 1 atom stereocenters. The number of likely N-dealkylation sites (N-methyl/N-ethyl adjacent to an activating group) is 1. The van der Waals surface area contributed by atoms with Gasteiger partial charge >= 0.3 is 0 Å². The Hall–Kier alpha value is -3.72. The Balaban J connectivity index is 1.16. The molecule has 2 heterocycles. The molecule has 5 rings (SSSR count). The molecule has 39 heavy (non-hydrogen) atoms. The Morgan fingerprint density at radius 1 is 1.05 bits per heavy atom. The van der Waals surface area contributed by atoms with Crippen LogP contribution in [0, 0.1) is 5.92 Å². The quantitative estimate of drug-likeness (QED) is 0.446. The van der Waals surface area contributed by atoms with Gasteiger partial charge in [-0.05, 0) is 42.5 Å². The lowest BCUT2D eigenvalue weighted by Gasteiger charge is -2.35. The van der Waals surface area contributed by atoms with E-state index in [1.807, 2.05) is 11.0 Å². The largest absolute Gasteiger partial charge is 0.489 e. The van der Waals surface area contributed by atoms with Crippen LogP contribution in [-0.4, -0.2) is 78.0 Å². The number of nitrogens with zero attached hydrogens (tertiary/aromatic N) is 3. The molecule has 1 saturated heterocycles. The number of aldehydes is 1. The van der Waals surface area contributed by atoms with E-state index >= 15 is 0 Å². The third kappa shape index (κ3) is 6.14. The SMILES string of the molecule is CNC(=O)C(CCC=O)N1Cc2c(OCc3ccc(CN4CCN(C(=O)C5CC5)CC4)cc3)cccc2C1=O. The Bertz CT molecular complexity index is 1220. The van der Waals surface area contributed by atoms with Gasteiger partial charge in [-0.25, -0.2) is 0 Å². The van der Waals surface area contributed by atoms with Crippen LogP contribution < -0.4 is 10.1 Å². The molecule has 2 aliphatic heterocycles. The van der Waals surface area contributed by atoms with Crippen LogP contribution >= 0.6 is 0 Å². The summed E-state index contributed by atoms with van der Waals surface area (Å²) in [5.74, 6) is 0.739. The molecule has 1 unspecified atom stereocenters. The van der Waals surface area contributed by atoms with Crippen LogP contribution in [0.3, 0.4) is 0 Å². The van der Waals surface area contributed by atoms with Crippen LogP contribution in [0.15, 0.2) is 42.5 Å². The van der Waals surface area contributed by atoms with Gasteiger partial charge in [0.1, 0.15) is 24.7 Å². The number of hydrogen-bond acceptors (Lipinski definition) is 6. The highest BCUT2D eigenvalue weighted by Crippen LogP contribution is 2.34. The average Bonchev–Trinajstić information content (AvgIpc) is 3.77. The summed E-state index contributed by atoms with van der Waals surface area (Å²) in [4.78, 5) is 54.7. The Kier molecular flexibility index (Phi) is 8.26. The maximum Gasteiger partial charge on any atom is 0.255 e. The van der Waals surface area contributed by atoms with Gasteiger partial charge in [-0.1, -0.05) is 30.3 Å². The van der Waals surface area contributed by atoms with Gasteiger partial charge in [-0.2, -0.15) is 0 Å². The molecule has 2 aromatic rings. The predicted molar refractivity (Wildman–Crippen MR) is 145 cm³/mol. The smallest absolute Gasteiger partial charge is 0.255 e. The predicted octanol–water partition coefficient (Wildman–Crippen LogP) is 2.37. The molecule has 3 amide bonds. The van der Waals surface area contributed by atoms with Crippen molar-refractivity contribution in [2.24, 2.45) is 5.92 Å². The first-order valence-electron chi connectivity index (χ1n) is 13.8. The molecule has 2 fully saturated rings. The topological polar surface area (TPSA) is 99.3 Å². The zero-order valence-electron chi connectivity index (χ0n) is 22.4. The monoisotopic (exact) mass is 532 g/mol. The molecule has 0 bridgehead atoms. The fourth-order valence-corrected chi connectivity index (χ4v) is 5.41. The van der Waals surface area contributed by atoms with Crippen molar-refractivity contribution in [2.75, 3.05) is 33.2 Å². The van der Waals surface area contributed by atoms with Gasteiger partial charge in [0.25, 0.3) is 5.91 Å². The molecule has 0 spiro atoms. The van der Waals surface area contributed by atoms with Crippen molar-refractivity contribution in [3.8, 4) is 5.75 Å². The Morgan fingerprint density at radius 2 is 1.77 bits per heavy atom. The summed E-state index contributed by atoms with van der Waals surface area (Å²) in [6, 6.07) is 13.0. The lowest BCUT2D eigenvalue weighted by Crippen LogP contribution is -2.48. The highest BCUT2D eigenvalue weighted by atomic mass is 16.5. The third-order valence-electron chi connectivity index (χ3n) is 7.87. The minimum atomic E-state index is -0.706. The van der Waals surface area contributed by atoms with Gasteiger partial charge in [-0.3, -0.25) is 19.3 Å². The zero-order valence-corrected chi connectivity index (χ0v) is 22.4. The van der Waals surface area contributed by atoms with Gasteiger partial charge in [0.05, 0.1) is 6.54 Å². The number of ether oxygens (including phenoxy) is 1. The van der Waals surface area contributed by atoms with Crippen LogP contribution in [-0.2, 0) is 34.1 Å². The van der Waals surface area contributed by atoms with Crippen LogP contribution in [0.25, 0.3) is 0 Å². The summed E-state index contributed by atoms with van der Waals surface area (Å²) in [6.07, 6.45) is 3.35. The van der Waals surface area contributed by atoms with E-state index < -0.39 is 6.04 Å². The van der Waals surface area contributed by atoms with E-state index in [9.17, 15) is 19.2 Å². The van der Waals surface area contributed by atoms with Crippen molar-refractivity contribution in [2.45, 2.75) is 51.4 Å². The summed E-state index contributed by atoms with van der Waals surface area (Å²) in [6.45, 7) is 4.89. The lowest BCUT2D eigenvalue weighted by molar-refractivity contribution is -0.134. The molecule has 3 aliphatic rings. The molecule has 9 nitrogen and oxygen atoms in total. The number of amides is 3. The van der Waals surface area contributed by atoms with E-state index in [0.29, 0.717) is 23.8 Å². The number of carbonyl (C=O) groups excluding carboxylic acids is 4. The first-order chi connectivity index (χ1) is 19.0. The van der Waals surface area contributed by atoms with Crippen molar-refractivity contribution in [1.82, 2.24) is 20.0 Å². The second-order valence-electron chi connectivity index (χ2n) is 10.6. The van der Waals surface area contributed by atoms with Crippen LogP contribution in [0.5, 0.6) is 5.75 Å². The molecule has 1 N–H and O–H groups in total. The number of piperazine rings is 1. The number of fused-ring (bicyclic) bond motifs is 1. The third-order valence-corrected chi connectivity index (χ3v) is 7.87. The van der Waals surface area contributed by atoms with E-state index in [0.717, 1.165) is 63.0 Å². The molecular weight excluding hydrogens is 496 g/mol. The van der Waals surface area contributed by atoms with Crippen molar-refractivity contribution in [1.29, 1.82) is 0 Å². The van der Waals surface area contributed by atoms with Crippen molar-refractivity contribution in [3.63, 3.8) is 0 Å². The van der Waals surface area contributed by atoms with Gasteiger partial charge in [0, 0.05) is 63.2 Å². The molecule has 0 aromatic heterocycles. The highest BCUT2D eigenvalue weighted by molar-refractivity contribution is 6.01. The van der Waals surface area contributed by atoms with Crippen molar-refractivity contribution < 1.29 is 23.9 Å². The fraction of sp³-hybridized carbons (Fsp3) is 0.467. The molecule has 9 heteroatoms.